The summed E-state index contributed by atoms with van der Waals surface area (Å²) in [5.74, 6) is -0.0989. The monoisotopic (exact) mass is 367 g/mol. The van der Waals surface area contributed by atoms with Gasteiger partial charge in [-0.1, -0.05) is 11.8 Å². The van der Waals surface area contributed by atoms with Crippen LogP contribution in [0.25, 0.3) is 0 Å². The number of hydrogen-bond acceptors (Lipinski definition) is 6. The Bertz CT molecular complexity index is 560. The van der Waals surface area contributed by atoms with E-state index < -0.39 is 18.0 Å². The Morgan fingerprint density at radius 1 is 1.38 bits per heavy atom. The Morgan fingerprint density at radius 3 is 2.62 bits per heavy atom. The van der Waals surface area contributed by atoms with Crippen LogP contribution in [0.1, 0.15) is 13.8 Å². The van der Waals surface area contributed by atoms with Crippen LogP contribution in [-0.4, -0.2) is 64.9 Å². The van der Waals surface area contributed by atoms with Crippen LogP contribution in [0.15, 0.2) is 5.16 Å². The number of carbonyl (C=O) groups is 1. The molecule has 11 heteroatoms. The average molecular weight is 367 g/mol. The zero-order valence-corrected chi connectivity index (χ0v) is 14.3. The highest BCUT2D eigenvalue weighted by Crippen LogP contribution is 2.29. The number of hydrogen-bond donors (Lipinski definition) is 1. The summed E-state index contributed by atoms with van der Waals surface area (Å²) in [6.07, 6.45) is -4.41. The Morgan fingerprint density at radius 2 is 2.04 bits per heavy atom. The molecule has 1 aliphatic rings. The van der Waals surface area contributed by atoms with Crippen LogP contribution in [0.5, 0.6) is 0 Å². The quantitative estimate of drug-likeness (QED) is 0.764. The predicted octanol–water partition coefficient (Wildman–Crippen LogP) is 1.29. The molecule has 1 N–H and O–H groups in total. The van der Waals surface area contributed by atoms with E-state index >= 15 is 0 Å². The lowest BCUT2D eigenvalue weighted by Crippen LogP contribution is -2.38. The van der Waals surface area contributed by atoms with Gasteiger partial charge >= 0.3 is 6.18 Å². The van der Waals surface area contributed by atoms with Crippen molar-refractivity contribution in [1.29, 1.82) is 0 Å². The molecule has 1 aromatic heterocycles. The molecular weight excluding hydrogens is 347 g/mol. The van der Waals surface area contributed by atoms with Crippen molar-refractivity contribution >= 4 is 23.6 Å². The maximum absolute atomic E-state index is 13.0. The van der Waals surface area contributed by atoms with Crippen LogP contribution in [0, 0.1) is 0 Å². The van der Waals surface area contributed by atoms with Gasteiger partial charge in [-0.25, -0.2) is 0 Å². The lowest BCUT2D eigenvalue weighted by Gasteiger charge is -2.28. The maximum atomic E-state index is 13.0. The van der Waals surface area contributed by atoms with Crippen LogP contribution in [0.4, 0.5) is 19.1 Å². The topological polar surface area (TPSA) is 72.3 Å². The van der Waals surface area contributed by atoms with Gasteiger partial charge in [0.1, 0.15) is 6.54 Å². The third-order valence-corrected chi connectivity index (χ3v) is 4.41. The molecule has 0 bridgehead atoms. The smallest absolute Gasteiger partial charge is 0.378 e. The van der Waals surface area contributed by atoms with E-state index in [9.17, 15) is 18.0 Å². The van der Waals surface area contributed by atoms with E-state index in [-0.39, 0.29) is 17.0 Å². The molecule has 24 heavy (non-hydrogen) atoms. The van der Waals surface area contributed by atoms with Gasteiger partial charge in [0.05, 0.1) is 18.5 Å². The van der Waals surface area contributed by atoms with Gasteiger partial charge in [0.25, 0.3) is 0 Å². The van der Waals surface area contributed by atoms with Crippen LogP contribution in [0.3, 0.4) is 0 Å². The molecule has 0 saturated carbocycles. The van der Waals surface area contributed by atoms with Crippen molar-refractivity contribution < 1.29 is 22.7 Å². The first-order chi connectivity index (χ1) is 11.3. The van der Waals surface area contributed by atoms with E-state index in [2.05, 4.69) is 15.5 Å². The van der Waals surface area contributed by atoms with E-state index in [1.807, 2.05) is 0 Å². The fraction of sp³-hybridized carbons (Fsp3) is 0.769. The number of morpholine rings is 1. The van der Waals surface area contributed by atoms with Crippen molar-refractivity contribution in [3.63, 3.8) is 0 Å². The minimum Gasteiger partial charge on any atom is -0.378 e. The summed E-state index contributed by atoms with van der Waals surface area (Å²) >= 11 is 0.963. The molecule has 0 aliphatic carbocycles. The van der Waals surface area contributed by atoms with E-state index in [1.54, 1.807) is 18.7 Å². The number of carbonyl (C=O) groups excluding carboxylic acids is 1. The molecule has 1 aliphatic heterocycles. The van der Waals surface area contributed by atoms with Gasteiger partial charge in [-0.05, 0) is 13.8 Å². The van der Waals surface area contributed by atoms with Gasteiger partial charge in [-0.3, -0.25) is 9.36 Å². The third kappa shape index (κ3) is 5.00. The molecule has 0 aromatic carbocycles. The molecule has 2 heterocycles. The summed E-state index contributed by atoms with van der Waals surface area (Å²) in [6, 6.07) is 0. The number of amides is 1. The van der Waals surface area contributed by atoms with Crippen molar-refractivity contribution in [2.24, 2.45) is 0 Å². The summed E-state index contributed by atoms with van der Waals surface area (Å²) in [5, 5.41) is 9.93. The zero-order chi connectivity index (χ0) is 17.7. The van der Waals surface area contributed by atoms with Gasteiger partial charge < -0.3 is 15.0 Å². The molecule has 0 radical (unpaired) electrons. The average Bonchev–Trinajstić information content (AvgIpc) is 2.89. The van der Waals surface area contributed by atoms with Crippen molar-refractivity contribution in [3.05, 3.63) is 0 Å². The maximum Gasteiger partial charge on any atom is 0.406 e. The molecule has 1 amide bonds. The molecule has 0 spiro atoms. The second kappa shape index (κ2) is 8.06. The van der Waals surface area contributed by atoms with Crippen LogP contribution < -0.4 is 10.2 Å². The SMILES string of the molecule is CCNC(=O)[C@@H](C)Sc1nnc(N2CCOCC2)n1CC(F)(F)F. The number of nitrogens with zero attached hydrogens (tertiary/aromatic N) is 4. The Kier molecular flexibility index (Phi) is 6.33. The van der Waals surface area contributed by atoms with Gasteiger partial charge in [-0.2, -0.15) is 13.2 Å². The van der Waals surface area contributed by atoms with Crippen molar-refractivity contribution in [1.82, 2.24) is 20.1 Å². The highest BCUT2D eigenvalue weighted by Gasteiger charge is 2.33. The fourth-order valence-corrected chi connectivity index (χ4v) is 3.08. The van der Waals surface area contributed by atoms with Crippen LogP contribution in [-0.2, 0) is 16.1 Å². The number of thioether (sulfide) groups is 1. The van der Waals surface area contributed by atoms with E-state index in [4.69, 9.17) is 4.74 Å². The molecule has 1 fully saturated rings. The normalized spacial score (nSPS) is 17.0. The number of nitrogens with one attached hydrogen (secondary N) is 1. The predicted molar refractivity (Wildman–Crippen MR) is 83.1 cm³/mol. The molecular formula is C13H20F3N5O2S. The van der Waals surface area contributed by atoms with Crippen molar-refractivity contribution in [3.8, 4) is 0 Å². The highest BCUT2D eigenvalue weighted by molar-refractivity contribution is 8.00. The summed E-state index contributed by atoms with van der Waals surface area (Å²) in [7, 11) is 0. The minimum atomic E-state index is -4.41. The standard InChI is InChI=1S/C13H20F3N5O2S/c1-3-17-10(22)9(2)24-12-19-18-11(20-4-6-23-7-5-20)21(12)8-13(14,15)16/h9H,3-8H2,1-2H3,(H,17,22)/t9-/m1/s1. The largest absolute Gasteiger partial charge is 0.406 e. The third-order valence-electron chi connectivity index (χ3n) is 3.33. The lowest BCUT2D eigenvalue weighted by atomic mass is 10.4. The zero-order valence-electron chi connectivity index (χ0n) is 13.5. The molecule has 7 nitrogen and oxygen atoms in total. The minimum absolute atomic E-state index is 0.0765. The van der Waals surface area contributed by atoms with Gasteiger partial charge in [0, 0.05) is 19.6 Å². The summed E-state index contributed by atoms with van der Waals surface area (Å²) < 4.78 is 45.1. The number of ether oxygens (including phenoxy) is 1. The van der Waals surface area contributed by atoms with Crippen LogP contribution in [0.2, 0.25) is 0 Å². The highest BCUT2D eigenvalue weighted by atomic mass is 32.2. The first-order valence-electron chi connectivity index (χ1n) is 7.59. The van der Waals surface area contributed by atoms with Gasteiger partial charge in [0.15, 0.2) is 5.16 Å². The van der Waals surface area contributed by atoms with Crippen molar-refractivity contribution in [2.75, 3.05) is 37.7 Å². The number of halogens is 3. The molecule has 1 saturated heterocycles. The number of anilines is 1. The first-order valence-corrected chi connectivity index (χ1v) is 8.46. The van der Waals surface area contributed by atoms with Gasteiger partial charge in [0.2, 0.25) is 11.9 Å². The number of aromatic nitrogens is 3. The summed E-state index contributed by atoms with van der Waals surface area (Å²) in [6.45, 7) is 4.41. The second-order valence-electron chi connectivity index (χ2n) is 5.24. The molecule has 2 rings (SSSR count). The molecule has 0 unspecified atom stereocenters. The summed E-state index contributed by atoms with van der Waals surface area (Å²) in [5.41, 5.74) is 0. The summed E-state index contributed by atoms with van der Waals surface area (Å²) in [4.78, 5) is 13.5. The van der Waals surface area contributed by atoms with Crippen molar-refractivity contribution in [2.45, 2.75) is 37.0 Å². The Labute approximate surface area is 141 Å². The Hall–Kier alpha value is -1.49. The Balaban J connectivity index is 2.23. The molecule has 1 aromatic rings. The van der Waals surface area contributed by atoms with Gasteiger partial charge in [-0.15, -0.1) is 10.2 Å². The molecule has 136 valence electrons. The van der Waals surface area contributed by atoms with E-state index in [0.29, 0.717) is 32.8 Å². The van der Waals surface area contributed by atoms with E-state index in [1.165, 1.54) is 0 Å². The van der Waals surface area contributed by atoms with E-state index in [0.717, 1.165) is 16.3 Å². The first kappa shape index (κ1) is 18.8. The second-order valence-corrected chi connectivity index (χ2v) is 6.55. The number of alkyl halides is 3. The van der Waals surface area contributed by atoms with Crippen LogP contribution >= 0.6 is 11.8 Å². The number of rotatable bonds is 6. The lowest BCUT2D eigenvalue weighted by molar-refractivity contribution is -0.141. The fourth-order valence-electron chi connectivity index (χ4n) is 2.21. The molecule has 1 atom stereocenters.